The van der Waals surface area contributed by atoms with Crippen molar-refractivity contribution in [2.24, 2.45) is 0 Å². The van der Waals surface area contributed by atoms with Crippen LogP contribution in [0.15, 0.2) is 0 Å². The Morgan fingerprint density at radius 2 is 2.25 bits per heavy atom. The third-order valence-electron chi connectivity index (χ3n) is 3.36. The zero-order valence-corrected chi connectivity index (χ0v) is 10.8. The van der Waals surface area contributed by atoms with Gasteiger partial charge in [-0.05, 0) is 40.2 Å². The van der Waals surface area contributed by atoms with Crippen LogP contribution in [0.25, 0.3) is 0 Å². The molecular weight excluding hydrogens is 206 g/mol. The van der Waals surface area contributed by atoms with Crippen molar-refractivity contribution in [2.45, 2.75) is 45.3 Å². The number of carbonyl (C=O) groups excluding carboxylic acids is 1. The number of piperidine rings is 1. The molecule has 4 heteroatoms. The molecule has 1 rings (SSSR count). The van der Waals surface area contributed by atoms with Gasteiger partial charge in [-0.2, -0.15) is 0 Å². The smallest absolute Gasteiger partial charge is 0.323 e. The zero-order chi connectivity index (χ0) is 12.2. The highest BCUT2D eigenvalue weighted by atomic mass is 16.5. The van der Waals surface area contributed by atoms with Gasteiger partial charge < -0.3 is 9.47 Å². The van der Waals surface area contributed by atoms with Gasteiger partial charge in [-0.1, -0.05) is 0 Å². The maximum Gasteiger partial charge on any atom is 0.323 e. The first-order valence-electron chi connectivity index (χ1n) is 5.98. The van der Waals surface area contributed by atoms with Crippen LogP contribution in [0.1, 0.15) is 33.6 Å². The lowest BCUT2D eigenvalue weighted by molar-refractivity contribution is -0.151. The molecule has 0 aromatic rings. The Morgan fingerprint density at radius 3 is 2.81 bits per heavy atom. The summed E-state index contributed by atoms with van der Waals surface area (Å²) in [5.74, 6) is -0.136. The van der Waals surface area contributed by atoms with Crippen molar-refractivity contribution in [2.75, 3.05) is 26.8 Å². The van der Waals surface area contributed by atoms with Crippen molar-refractivity contribution >= 4 is 5.97 Å². The van der Waals surface area contributed by atoms with Crippen molar-refractivity contribution < 1.29 is 14.3 Å². The van der Waals surface area contributed by atoms with Gasteiger partial charge in [-0.25, -0.2) is 0 Å². The summed E-state index contributed by atoms with van der Waals surface area (Å²) in [5, 5.41) is 0. The fourth-order valence-corrected chi connectivity index (χ4v) is 2.15. The Bertz CT molecular complexity index is 244. The van der Waals surface area contributed by atoms with E-state index in [2.05, 4.69) is 11.8 Å². The Labute approximate surface area is 97.9 Å². The number of carbonyl (C=O) groups is 1. The molecule has 4 nitrogen and oxygen atoms in total. The number of likely N-dealkylation sites (tertiary alicyclic amines) is 1. The van der Waals surface area contributed by atoms with Gasteiger partial charge in [0.2, 0.25) is 0 Å². The highest BCUT2D eigenvalue weighted by Crippen LogP contribution is 2.25. The molecule has 0 amide bonds. The second-order valence-electron chi connectivity index (χ2n) is 4.66. The van der Waals surface area contributed by atoms with Crippen LogP contribution in [-0.4, -0.2) is 49.3 Å². The summed E-state index contributed by atoms with van der Waals surface area (Å²) in [4.78, 5) is 13.8. The number of nitrogens with zero attached hydrogens (tertiary/aromatic N) is 1. The van der Waals surface area contributed by atoms with Crippen LogP contribution >= 0.6 is 0 Å². The van der Waals surface area contributed by atoms with Crippen LogP contribution in [0.4, 0.5) is 0 Å². The van der Waals surface area contributed by atoms with E-state index in [0.29, 0.717) is 6.61 Å². The highest BCUT2D eigenvalue weighted by molar-refractivity contribution is 5.75. The van der Waals surface area contributed by atoms with E-state index in [4.69, 9.17) is 9.47 Å². The summed E-state index contributed by atoms with van der Waals surface area (Å²) in [6.45, 7) is 8.01. The molecule has 0 aromatic heterocycles. The van der Waals surface area contributed by atoms with Gasteiger partial charge in [0.1, 0.15) is 6.04 Å². The molecule has 1 aliphatic heterocycles. The third-order valence-corrected chi connectivity index (χ3v) is 3.36. The standard InChI is InChI=1S/C12H23NO3/c1-5-16-11(14)10(2)13-8-6-7-12(3,9-13)15-4/h10H,5-9H2,1-4H3. The monoisotopic (exact) mass is 229 g/mol. The van der Waals surface area contributed by atoms with Crippen molar-refractivity contribution in [1.29, 1.82) is 0 Å². The van der Waals surface area contributed by atoms with Crippen molar-refractivity contribution in [3.63, 3.8) is 0 Å². The molecule has 2 atom stereocenters. The normalized spacial score (nSPS) is 28.8. The molecule has 16 heavy (non-hydrogen) atoms. The Morgan fingerprint density at radius 1 is 1.56 bits per heavy atom. The molecule has 0 saturated carbocycles. The summed E-state index contributed by atoms with van der Waals surface area (Å²) in [5.41, 5.74) is -0.126. The van der Waals surface area contributed by atoms with Gasteiger partial charge in [0.15, 0.2) is 0 Å². The number of esters is 1. The van der Waals surface area contributed by atoms with Crippen LogP contribution in [0.2, 0.25) is 0 Å². The number of ether oxygens (including phenoxy) is 2. The minimum Gasteiger partial charge on any atom is -0.465 e. The summed E-state index contributed by atoms with van der Waals surface area (Å²) in [7, 11) is 1.73. The maximum absolute atomic E-state index is 11.6. The average molecular weight is 229 g/mol. The lowest BCUT2D eigenvalue weighted by Gasteiger charge is -2.41. The summed E-state index contributed by atoms with van der Waals surface area (Å²) < 4.78 is 10.5. The molecule has 1 aliphatic rings. The van der Waals surface area contributed by atoms with Gasteiger partial charge in [0, 0.05) is 13.7 Å². The first-order valence-corrected chi connectivity index (χ1v) is 5.98. The van der Waals surface area contributed by atoms with Crippen molar-refractivity contribution in [1.82, 2.24) is 4.90 Å². The molecule has 2 unspecified atom stereocenters. The van der Waals surface area contributed by atoms with E-state index in [1.54, 1.807) is 7.11 Å². The first-order chi connectivity index (χ1) is 7.52. The fraction of sp³-hybridized carbons (Fsp3) is 0.917. The predicted molar refractivity (Wildman–Crippen MR) is 62.3 cm³/mol. The van der Waals surface area contributed by atoms with E-state index >= 15 is 0 Å². The first kappa shape index (κ1) is 13.5. The van der Waals surface area contributed by atoms with E-state index in [1.165, 1.54) is 0 Å². The molecule has 94 valence electrons. The Hall–Kier alpha value is -0.610. The minimum atomic E-state index is -0.172. The van der Waals surface area contributed by atoms with Crippen LogP contribution in [-0.2, 0) is 14.3 Å². The number of hydrogen-bond acceptors (Lipinski definition) is 4. The van der Waals surface area contributed by atoms with Crippen molar-refractivity contribution in [3.8, 4) is 0 Å². The van der Waals surface area contributed by atoms with Crippen molar-refractivity contribution in [3.05, 3.63) is 0 Å². The average Bonchev–Trinajstić information content (AvgIpc) is 2.28. The highest BCUT2D eigenvalue weighted by Gasteiger charge is 2.35. The topological polar surface area (TPSA) is 38.8 Å². The van der Waals surface area contributed by atoms with E-state index in [-0.39, 0.29) is 17.6 Å². The second kappa shape index (κ2) is 5.64. The molecule has 0 spiro atoms. The zero-order valence-electron chi connectivity index (χ0n) is 10.8. The van der Waals surface area contributed by atoms with Gasteiger partial charge in [0.25, 0.3) is 0 Å². The molecule has 1 fully saturated rings. The van der Waals surface area contributed by atoms with Gasteiger partial charge in [-0.15, -0.1) is 0 Å². The molecule has 0 aliphatic carbocycles. The SMILES string of the molecule is CCOC(=O)C(C)N1CCCC(C)(OC)C1. The van der Waals surface area contributed by atoms with E-state index < -0.39 is 0 Å². The summed E-state index contributed by atoms with van der Waals surface area (Å²) >= 11 is 0. The second-order valence-corrected chi connectivity index (χ2v) is 4.66. The number of hydrogen-bond donors (Lipinski definition) is 0. The lowest BCUT2D eigenvalue weighted by Crippen LogP contribution is -2.52. The molecule has 0 aromatic carbocycles. The molecule has 0 bridgehead atoms. The van der Waals surface area contributed by atoms with Crippen LogP contribution < -0.4 is 0 Å². The lowest BCUT2D eigenvalue weighted by atomic mass is 9.94. The van der Waals surface area contributed by atoms with Gasteiger partial charge >= 0.3 is 5.97 Å². The van der Waals surface area contributed by atoms with Gasteiger partial charge in [0.05, 0.1) is 12.2 Å². The minimum absolute atomic E-state index is 0.126. The van der Waals surface area contributed by atoms with E-state index in [0.717, 1.165) is 25.9 Å². The third kappa shape index (κ3) is 3.19. The molecule has 1 heterocycles. The van der Waals surface area contributed by atoms with Crippen LogP contribution in [0, 0.1) is 0 Å². The van der Waals surface area contributed by atoms with E-state index in [9.17, 15) is 4.79 Å². The Kier molecular flexibility index (Phi) is 4.74. The fourth-order valence-electron chi connectivity index (χ4n) is 2.15. The quantitative estimate of drug-likeness (QED) is 0.684. The number of rotatable bonds is 4. The van der Waals surface area contributed by atoms with Crippen LogP contribution in [0.5, 0.6) is 0 Å². The summed E-state index contributed by atoms with van der Waals surface area (Å²) in [6.07, 6.45) is 2.11. The molecular formula is C12H23NO3. The largest absolute Gasteiger partial charge is 0.465 e. The Balaban J connectivity index is 2.56. The summed E-state index contributed by atoms with van der Waals surface area (Å²) in [6, 6.07) is -0.172. The maximum atomic E-state index is 11.6. The molecule has 0 radical (unpaired) electrons. The predicted octanol–water partition coefficient (Wildman–Crippen LogP) is 1.44. The van der Waals surface area contributed by atoms with Gasteiger partial charge in [-0.3, -0.25) is 9.69 Å². The number of methoxy groups -OCH3 is 1. The van der Waals surface area contributed by atoms with Crippen LogP contribution in [0.3, 0.4) is 0 Å². The molecule has 0 N–H and O–H groups in total. The molecule has 1 saturated heterocycles. The van der Waals surface area contributed by atoms with E-state index in [1.807, 2.05) is 13.8 Å².